The molecular formula is C19H14Cl2O4. The molecule has 0 aliphatic heterocycles. The topological polar surface area (TPSA) is 56.5 Å². The first-order valence-electron chi connectivity index (χ1n) is 7.66. The zero-order valence-corrected chi connectivity index (χ0v) is 14.9. The van der Waals surface area contributed by atoms with Crippen LogP contribution in [0.2, 0.25) is 10.0 Å². The van der Waals surface area contributed by atoms with Gasteiger partial charge in [-0.3, -0.25) is 0 Å². The van der Waals surface area contributed by atoms with E-state index < -0.39 is 11.6 Å². The molecule has 0 aliphatic rings. The third-order valence-corrected chi connectivity index (χ3v) is 4.46. The van der Waals surface area contributed by atoms with Gasteiger partial charge in [-0.1, -0.05) is 48.3 Å². The zero-order chi connectivity index (χ0) is 18.0. The van der Waals surface area contributed by atoms with E-state index in [1.165, 1.54) is 6.07 Å². The summed E-state index contributed by atoms with van der Waals surface area (Å²) in [6, 6.07) is 11.7. The molecule has 0 saturated carbocycles. The Labute approximate surface area is 153 Å². The average Bonchev–Trinajstić information content (AvgIpc) is 2.58. The highest BCUT2D eigenvalue weighted by molar-refractivity contribution is 6.39. The lowest BCUT2D eigenvalue weighted by Gasteiger charge is -2.09. The van der Waals surface area contributed by atoms with Crippen LogP contribution in [0.1, 0.15) is 28.4 Å². The minimum atomic E-state index is -0.651. The Morgan fingerprint density at radius 2 is 1.84 bits per heavy atom. The summed E-state index contributed by atoms with van der Waals surface area (Å²) in [7, 11) is 0. The number of ether oxygens (including phenoxy) is 1. The molecule has 3 aromatic rings. The summed E-state index contributed by atoms with van der Waals surface area (Å²) in [4.78, 5) is 24.1. The molecule has 6 heteroatoms. The van der Waals surface area contributed by atoms with Gasteiger partial charge in [0.05, 0.1) is 15.6 Å². The maximum Gasteiger partial charge on any atom is 0.341 e. The van der Waals surface area contributed by atoms with E-state index in [9.17, 15) is 9.59 Å². The van der Waals surface area contributed by atoms with Crippen molar-refractivity contribution in [2.24, 2.45) is 0 Å². The summed E-state index contributed by atoms with van der Waals surface area (Å²) in [5, 5.41) is 1.14. The molecular weight excluding hydrogens is 363 g/mol. The Balaban J connectivity index is 1.91. The molecule has 25 heavy (non-hydrogen) atoms. The first kappa shape index (κ1) is 17.5. The van der Waals surface area contributed by atoms with Crippen LogP contribution in [0.15, 0.2) is 51.7 Å². The van der Waals surface area contributed by atoms with Gasteiger partial charge >= 0.3 is 11.6 Å². The summed E-state index contributed by atoms with van der Waals surface area (Å²) in [6.07, 6.45) is 0.823. The number of esters is 1. The van der Waals surface area contributed by atoms with E-state index >= 15 is 0 Å². The highest BCUT2D eigenvalue weighted by atomic mass is 35.5. The highest BCUT2D eigenvalue weighted by Crippen LogP contribution is 2.26. The average molecular weight is 377 g/mol. The van der Waals surface area contributed by atoms with Gasteiger partial charge in [-0.2, -0.15) is 0 Å². The van der Waals surface area contributed by atoms with E-state index in [1.54, 1.807) is 18.2 Å². The number of hydrogen-bond donors (Lipinski definition) is 0. The second-order valence-corrected chi connectivity index (χ2v) is 6.26. The summed E-state index contributed by atoms with van der Waals surface area (Å²) in [6.45, 7) is 1.92. The minimum absolute atomic E-state index is 0.0893. The molecule has 0 fully saturated rings. The Bertz CT molecular complexity index is 988. The Hall–Kier alpha value is -2.30. The Morgan fingerprint density at radius 3 is 2.52 bits per heavy atom. The molecule has 0 amide bonds. The van der Waals surface area contributed by atoms with Crippen LogP contribution in [-0.2, 0) is 17.8 Å². The zero-order valence-electron chi connectivity index (χ0n) is 13.3. The predicted molar refractivity (Wildman–Crippen MR) is 97.4 cm³/mol. The summed E-state index contributed by atoms with van der Waals surface area (Å²) < 4.78 is 10.5. The monoisotopic (exact) mass is 376 g/mol. The number of benzene rings is 2. The summed E-state index contributed by atoms with van der Waals surface area (Å²) in [5.74, 6) is -0.651. The number of carbonyl (C=O) groups is 1. The number of rotatable bonds is 4. The van der Waals surface area contributed by atoms with E-state index in [-0.39, 0.29) is 22.2 Å². The van der Waals surface area contributed by atoms with Crippen molar-refractivity contribution in [1.82, 2.24) is 0 Å². The molecule has 0 atom stereocenters. The van der Waals surface area contributed by atoms with Crippen molar-refractivity contribution in [2.45, 2.75) is 20.0 Å². The van der Waals surface area contributed by atoms with Crippen LogP contribution in [0.5, 0.6) is 0 Å². The normalized spacial score (nSPS) is 10.8. The molecule has 2 aromatic carbocycles. The minimum Gasteiger partial charge on any atom is -0.457 e. The number of halogens is 2. The van der Waals surface area contributed by atoms with E-state index in [2.05, 4.69) is 0 Å². The first-order chi connectivity index (χ1) is 12.0. The first-order valence-corrected chi connectivity index (χ1v) is 8.42. The van der Waals surface area contributed by atoms with Crippen LogP contribution in [0, 0.1) is 0 Å². The molecule has 0 spiro atoms. The molecule has 0 N–H and O–H groups in total. The van der Waals surface area contributed by atoms with Crippen LogP contribution >= 0.6 is 23.2 Å². The largest absolute Gasteiger partial charge is 0.457 e. The number of hydrogen-bond acceptors (Lipinski definition) is 4. The lowest BCUT2D eigenvalue weighted by molar-refractivity contribution is 0.0474. The molecule has 0 unspecified atom stereocenters. The summed E-state index contributed by atoms with van der Waals surface area (Å²) in [5.41, 5.74) is 1.68. The third kappa shape index (κ3) is 3.70. The van der Waals surface area contributed by atoms with Crippen molar-refractivity contribution in [2.75, 3.05) is 0 Å². The van der Waals surface area contributed by atoms with Gasteiger partial charge < -0.3 is 9.15 Å². The van der Waals surface area contributed by atoms with E-state index in [4.69, 9.17) is 32.4 Å². The van der Waals surface area contributed by atoms with E-state index in [0.29, 0.717) is 11.1 Å². The molecule has 0 aliphatic carbocycles. The van der Waals surface area contributed by atoms with Gasteiger partial charge in [0.15, 0.2) is 0 Å². The molecule has 3 rings (SSSR count). The number of aryl methyl sites for hydroxylation is 1. The smallest absolute Gasteiger partial charge is 0.341 e. The number of fused-ring (bicyclic) bond motifs is 1. The van der Waals surface area contributed by atoms with Crippen LogP contribution in [0.3, 0.4) is 0 Å². The van der Waals surface area contributed by atoms with Gasteiger partial charge in [0.1, 0.15) is 12.2 Å². The highest BCUT2D eigenvalue weighted by Gasteiger charge is 2.17. The lowest BCUT2D eigenvalue weighted by atomic mass is 10.1. The molecule has 1 aromatic heterocycles. The molecule has 0 radical (unpaired) electrons. The van der Waals surface area contributed by atoms with E-state index in [1.807, 2.05) is 25.1 Å². The SMILES string of the molecule is CCc1ccc2c(COC(=O)c3c(Cl)cccc3Cl)cc(=O)oc2c1. The molecule has 1 heterocycles. The van der Waals surface area contributed by atoms with Crippen LogP contribution in [-0.4, -0.2) is 5.97 Å². The molecule has 128 valence electrons. The van der Waals surface area contributed by atoms with Crippen molar-refractivity contribution in [3.05, 3.63) is 79.6 Å². The van der Waals surface area contributed by atoms with Gasteiger partial charge in [0.25, 0.3) is 0 Å². The molecule has 0 bridgehead atoms. The second-order valence-electron chi connectivity index (χ2n) is 5.45. The Kier molecular flexibility index (Phi) is 5.11. The quantitative estimate of drug-likeness (QED) is 0.473. The van der Waals surface area contributed by atoms with Crippen LogP contribution in [0.4, 0.5) is 0 Å². The van der Waals surface area contributed by atoms with Crippen molar-refractivity contribution in [1.29, 1.82) is 0 Å². The van der Waals surface area contributed by atoms with Crippen LogP contribution < -0.4 is 5.63 Å². The van der Waals surface area contributed by atoms with Crippen molar-refractivity contribution in [3.8, 4) is 0 Å². The van der Waals surface area contributed by atoms with Crippen molar-refractivity contribution >= 4 is 40.1 Å². The molecule has 0 saturated heterocycles. The third-order valence-electron chi connectivity index (χ3n) is 3.83. The maximum absolute atomic E-state index is 12.3. The summed E-state index contributed by atoms with van der Waals surface area (Å²) >= 11 is 12.0. The van der Waals surface area contributed by atoms with Gasteiger partial charge in [-0.25, -0.2) is 9.59 Å². The van der Waals surface area contributed by atoms with Gasteiger partial charge in [-0.05, 0) is 30.2 Å². The van der Waals surface area contributed by atoms with Crippen LogP contribution in [0.25, 0.3) is 11.0 Å². The fourth-order valence-electron chi connectivity index (χ4n) is 2.52. The van der Waals surface area contributed by atoms with E-state index in [0.717, 1.165) is 17.4 Å². The molecule has 4 nitrogen and oxygen atoms in total. The maximum atomic E-state index is 12.3. The fourth-order valence-corrected chi connectivity index (χ4v) is 3.07. The standard InChI is InChI=1S/C19H14Cl2O4/c1-2-11-6-7-13-12(9-17(22)25-16(13)8-11)10-24-19(23)18-14(20)4-3-5-15(18)21/h3-9H,2,10H2,1H3. The Morgan fingerprint density at radius 1 is 1.12 bits per heavy atom. The van der Waals surface area contributed by atoms with Gasteiger partial charge in [0, 0.05) is 17.0 Å². The second kappa shape index (κ2) is 7.30. The van der Waals surface area contributed by atoms with Crippen molar-refractivity contribution in [3.63, 3.8) is 0 Å². The van der Waals surface area contributed by atoms with Gasteiger partial charge in [0.2, 0.25) is 0 Å². The van der Waals surface area contributed by atoms with Crippen molar-refractivity contribution < 1.29 is 13.9 Å². The number of carbonyl (C=O) groups excluding carboxylic acids is 1. The lowest BCUT2D eigenvalue weighted by Crippen LogP contribution is -2.09. The predicted octanol–water partition coefficient (Wildman–Crippen LogP) is 5.02. The van der Waals surface area contributed by atoms with Gasteiger partial charge in [-0.15, -0.1) is 0 Å². The fraction of sp³-hybridized carbons (Fsp3) is 0.158.